The standard InChI is InChI=1S/C12H6N4O4/c17-5-13-11(14-6-18)9-3-1-2-4-10(9)12(15-7-19)16-8-20/h1-4,11-12H. The van der Waals surface area contributed by atoms with E-state index in [0.717, 1.165) is 0 Å². The SMILES string of the molecule is O=C=NC(N=C=O)c1ccccc1C(N=C=O)N=C=O. The number of hydrogen-bond donors (Lipinski definition) is 0. The first-order valence-electron chi connectivity index (χ1n) is 5.15. The van der Waals surface area contributed by atoms with Gasteiger partial charge in [-0.3, -0.25) is 0 Å². The first-order chi connectivity index (χ1) is 9.78. The molecule has 0 aliphatic carbocycles. The Kier molecular flexibility index (Phi) is 5.88. The largest absolute Gasteiger partial charge is 0.237 e. The fourth-order valence-corrected chi connectivity index (χ4v) is 1.52. The van der Waals surface area contributed by atoms with E-state index in [0.29, 0.717) is 0 Å². The van der Waals surface area contributed by atoms with Gasteiger partial charge in [-0.1, -0.05) is 24.3 Å². The van der Waals surface area contributed by atoms with Crippen LogP contribution in [0.15, 0.2) is 44.2 Å². The highest BCUT2D eigenvalue weighted by Gasteiger charge is 2.19. The Bertz CT molecular complexity index is 581. The average molecular weight is 270 g/mol. The summed E-state index contributed by atoms with van der Waals surface area (Å²) in [5.41, 5.74) is 0.504. The van der Waals surface area contributed by atoms with Crippen molar-refractivity contribution in [1.29, 1.82) is 0 Å². The zero-order valence-electron chi connectivity index (χ0n) is 9.89. The summed E-state index contributed by atoms with van der Waals surface area (Å²) in [6.45, 7) is 0. The van der Waals surface area contributed by atoms with Gasteiger partial charge in [0.05, 0.1) is 0 Å². The van der Waals surface area contributed by atoms with Crippen LogP contribution in [0.25, 0.3) is 0 Å². The van der Waals surface area contributed by atoms with Gasteiger partial charge in [-0.15, -0.1) is 0 Å². The Morgan fingerprint density at radius 3 is 1.20 bits per heavy atom. The molecule has 0 N–H and O–H groups in total. The van der Waals surface area contributed by atoms with Crippen LogP contribution in [-0.4, -0.2) is 24.3 Å². The molecule has 0 fully saturated rings. The molecule has 0 spiro atoms. The number of benzene rings is 1. The van der Waals surface area contributed by atoms with E-state index in [-0.39, 0.29) is 11.1 Å². The van der Waals surface area contributed by atoms with Crippen molar-refractivity contribution in [2.45, 2.75) is 12.3 Å². The molecule has 20 heavy (non-hydrogen) atoms. The maximum atomic E-state index is 10.3. The van der Waals surface area contributed by atoms with E-state index < -0.39 is 12.3 Å². The minimum Gasteiger partial charge on any atom is -0.211 e. The molecule has 98 valence electrons. The minimum atomic E-state index is -1.20. The Balaban J connectivity index is 3.47. The quantitative estimate of drug-likeness (QED) is 0.566. The zero-order chi connectivity index (χ0) is 14.8. The van der Waals surface area contributed by atoms with Crippen LogP contribution in [0, 0.1) is 0 Å². The molecule has 0 saturated carbocycles. The number of nitrogens with zero attached hydrogens (tertiary/aromatic N) is 4. The van der Waals surface area contributed by atoms with E-state index in [1.54, 1.807) is 12.1 Å². The van der Waals surface area contributed by atoms with Crippen molar-refractivity contribution < 1.29 is 19.2 Å². The monoisotopic (exact) mass is 270 g/mol. The Labute approximate surface area is 112 Å². The highest BCUT2D eigenvalue weighted by molar-refractivity contribution is 5.45. The van der Waals surface area contributed by atoms with Crippen LogP contribution in [0.1, 0.15) is 23.5 Å². The fraction of sp³-hybridized carbons (Fsp3) is 0.167. The Morgan fingerprint density at radius 1 is 0.650 bits per heavy atom. The lowest BCUT2D eigenvalue weighted by atomic mass is 10.0. The van der Waals surface area contributed by atoms with Gasteiger partial charge >= 0.3 is 0 Å². The van der Waals surface area contributed by atoms with Crippen LogP contribution in [-0.2, 0) is 19.2 Å². The molecule has 8 nitrogen and oxygen atoms in total. The molecular weight excluding hydrogens is 264 g/mol. The predicted octanol–water partition coefficient (Wildman–Crippen LogP) is 1.03. The lowest BCUT2D eigenvalue weighted by molar-refractivity contribution is 0.545. The Morgan fingerprint density at radius 2 is 0.950 bits per heavy atom. The van der Waals surface area contributed by atoms with Gasteiger partial charge < -0.3 is 0 Å². The summed E-state index contributed by atoms with van der Waals surface area (Å²) in [6.07, 6.45) is 2.67. The third-order valence-corrected chi connectivity index (χ3v) is 2.25. The van der Waals surface area contributed by atoms with Crippen LogP contribution in [0.2, 0.25) is 0 Å². The van der Waals surface area contributed by atoms with Crippen LogP contribution >= 0.6 is 0 Å². The van der Waals surface area contributed by atoms with Crippen LogP contribution in [0.3, 0.4) is 0 Å². The molecule has 0 bridgehead atoms. The van der Waals surface area contributed by atoms with Crippen molar-refractivity contribution in [3.63, 3.8) is 0 Å². The van der Waals surface area contributed by atoms with Gasteiger partial charge in [0, 0.05) is 11.1 Å². The smallest absolute Gasteiger partial charge is 0.211 e. The van der Waals surface area contributed by atoms with Crippen molar-refractivity contribution in [1.82, 2.24) is 0 Å². The van der Waals surface area contributed by atoms with Gasteiger partial charge in [0.25, 0.3) is 0 Å². The fourth-order valence-electron chi connectivity index (χ4n) is 1.52. The van der Waals surface area contributed by atoms with Crippen molar-refractivity contribution in [3.8, 4) is 0 Å². The topological polar surface area (TPSA) is 118 Å². The second-order valence-corrected chi connectivity index (χ2v) is 3.26. The van der Waals surface area contributed by atoms with E-state index in [1.165, 1.54) is 36.5 Å². The first kappa shape index (κ1) is 14.8. The number of carbonyl (C=O) groups excluding carboxylic acids is 4. The summed E-state index contributed by atoms with van der Waals surface area (Å²) < 4.78 is 0. The van der Waals surface area contributed by atoms with E-state index >= 15 is 0 Å². The maximum Gasteiger partial charge on any atom is 0.237 e. The molecule has 0 atom stereocenters. The molecule has 0 saturated heterocycles. The van der Waals surface area contributed by atoms with Gasteiger partial charge in [0.2, 0.25) is 24.3 Å². The van der Waals surface area contributed by atoms with Gasteiger partial charge in [0.1, 0.15) is 0 Å². The first-order valence-corrected chi connectivity index (χ1v) is 5.15. The summed E-state index contributed by atoms with van der Waals surface area (Å²) in [5.74, 6) is 0. The number of hydrogen-bond acceptors (Lipinski definition) is 8. The third kappa shape index (κ3) is 3.62. The lowest BCUT2D eigenvalue weighted by Gasteiger charge is -2.12. The third-order valence-electron chi connectivity index (χ3n) is 2.25. The second kappa shape index (κ2) is 7.95. The summed E-state index contributed by atoms with van der Waals surface area (Å²) in [6, 6.07) is 6.13. The average Bonchev–Trinajstić information content (AvgIpc) is 2.47. The van der Waals surface area contributed by atoms with Gasteiger partial charge in [-0.2, -0.15) is 20.0 Å². The minimum absolute atomic E-state index is 0.252. The molecule has 1 aromatic carbocycles. The van der Waals surface area contributed by atoms with Gasteiger partial charge in [0.15, 0.2) is 12.3 Å². The number of isocyanates is 4. The lowest BCUT2D eigenvalue weighted by Crippen LogP contribution is -2.02. The maximum absolute atomic E-state index is 10.3. The molecule has 0 aromatic heterocycles. The zero-order valence-corrected chi connectivity index (χ0v) is 9.89. The molecule has 0 heterocycles. The molecule has 0 aliphatic rings. The normalized spacial score (nSPS) is 11.6. The molecule has 1 rings (SSSR count). The molecular formula is C12H6N4O4. The number of aliphatic imine (C=N–C) groups is 4. The highest BCUT2D eigenvalue weighted by Crippen LogP contribution is 2.29. The van der Waals surface area contributed by atoms with Gasteiger partial charge in [-0.05, 0) is 0 Å². The van der Waals surface area contributed by atoms with Crippen LogP contribution in [0.4, 0.5) is 0 Å². The molecule has 0 radical (unpaired) electrons. The molecule has 0 aliphatic heterocycles. The molecule has 0 unspecified atom stereocenters. The van der Waals surface area contributed by atoms with Crippen molar-refractivity contribution in [3.05, 3.63) is 35.4 Å². The van der Waals surface area contributed by atoms with Crippen LogP contribution < -0.4 is 0 Å². The highest BCUT2D eigenvalue weighted by atomic mass is 16.1. The summed E-state index contributed by atoms with van der Waals surface area (Å²) in [5, 5.41) is 0. The summed E-state index contributed by atoms with van der Waals surface area (Å²) in [7, 11) is 0. The van der Waals surface area contributed by atoms with Crippen molar-refractivity contribution in [2.24, 2.45) is 20.0 Å². The molecule has 8 heteroatoms. The van der Waals surface area contributed by atoms with Gasteiger partial charge in [-0.25, -0.2) is 19.2 Å². The molecule has 1 aromatic rings. The predicted molar refractivity (Wildman–Crippen MR) is 64.4 cm³/mol. The van der Waals surface area contributed by atoms with Crippen molar-refractivity contribution >= 4 is 24.3 Å². The van der Waals surface area contributed by atoms with E-state index in [4.69, 9.17) is 0 Å². The second-order valence-electron chi connectivity index (χ2n) is 3.26. The van der Waals surface area contributed by atoms with E-state index in [9.17, 15) is 19.2 Å². The van der Waals surface area contributed by atoms with Crippen molar-refractivity contribution in [2.75, 3.05) is 0 Å². The molecule has 0 amide bonds. The Hall–Kier alpha value is -3.26. The van der Waals surface area contributed by atoms with Crippen LogP contribution in [0.5, 0.6) is 0 Å². The summed E-state index contributed by atoms with van der Waals surface area (Å²) in [4.78, 5) is 54.7. The summed E-state index contributed by atoms with van der Waals surface area (Å²) >= 11 is 0. The number of rotatable bonds is 6. The van der Waals surface area contributed by atoms with E-state index in [2.05, 4.69) is 20.0 Å². The van der Waals surface area contributed by atoms with E-state index in [1.807, 2.05) is 0 Å².